The van der Waals surface area contributed by atoms with Gasteiger partial charge in [0.1, 0.15) is 0 Å². The Balaban J connectivity index is 0.00000338. The fraction of sp³-hybridized carbons (Fsp3) is 0.632. The first-order valence-corrected chi connectivity index (χ1v) is 10.9. The highest BCUT2D eigenvalue weighted by atomic mass is 127. The lowest BCUT2D eigenvalue weighted by Crippen LogP contribution is -2.50. The number of rotatable bonds is 6. The molecule has 0 spiro atoms. The van der Waals surface area contributed by atoms with E-state index in [0.717, 1.165) is 49.5 Å². The van der Waals surface area contributed by atoms with Crippen molar-refractivity contribution < 1.29 is 0 Å². The Hall–Kier alpha value is 0.01000. The van der Waals surface area contributed by atoms with Gasteiger partial charge in [-0.05, 0) is 50.6 Å². The topological polar surface area (TPSA) is 39.7 Å². The average Bonchev–Trinajstić information content (AvgIpc) is 2.62. The van der Waals surface area contributed by atoms with Gasteiger partial charge < -0.3 is 10.6 Å². The fourth-order valence-corrected chi connectivity index (χ4v) is 3.32. The number of hydrogen-bond acceptors (Lipinski definition) is 3. The highest BCUT2D eigenvalue weighted by Crippen LogP contribution is 2.19. The zero-order chi connectivity index (χ0) is 18.3. The van der Waals surface area contributed by atoms with Crippen LogP contribution in [0.4, 0.5) is 0 Å². The third kappa shape index (κ3) is 8.35. The smallest absolute Gasteiger partial charge is 0.191 e. The van der Waals surface area contributed by atoms with Crippen LogP contribution >= 0.6 is 51.7 Å². The minimum absolute atomic E-state index is 0. The lowest BCUT2D eigenvalue weighted by molar-refractivity contribution is 0.198. The molecule has 1 saturated heterocycles. The molecule has 0 amide bonds. The SMILES string of the molecule is CN=C(NCC(C)(C)SC)NC1CCN(Cc2ccc(Br)cc2)CC1.I. The molecule has 0 aliphatic carbocycles. The van der Waals surface area contributed by atoms with E-state index in [4.69, 9.17) is 0 Å². The standard InChI is InChI=1S/C19H31BrN4S.HI/c1-19(2,25-4)14-22-18(21-3)23-17-9-11-24(12-10-17)13-15-5-7-16(20)8-6-15;/h5-8,17H,9-14H2,1-4H3,(H2,21,22,23);1H. The van der Waals surface area contributed by atoms with Crippen LogP contribution in [0.2, 0.25) is 0 Å². The number of hydrogen-bond donors (Lipinski definition) is 2. The van der Waals surface area contributed by atoms with Gasteiger partial charge in [-0.25, -0.2) is 0 Å². The van der Waals surface area contributed by atoms with Gasteiger partial charge >= 0.3 is 0 Å². The monoisotopic (exact) mass is 554 g/mol. The molecular formula is C19H32BrIN4S. The number of nitrogens with one attached hydrogen (secondary N) is 2. The molecule has 4 nitrogen and oxygen atoms in total. The zero-order valence-corrected chi connectivity index (χ0v) is 21.0. The van der Waals surface area contributed by atoms with Crippen molar-refractivity contribution in [2.24, 2.45) is 4.99 Å². The lowest BCUT2D eigenvalue weighted by Gasteiger charge is -2.33. The summed E-state index contributed by atoms with van der Waals surface area (Å²) in [6.07, 6.45) is 4.46. The van der Waals surface area contributed by atoms with Gasteiger partial charge in [-0.3, -0.25) is 9.89 Å². The molecule has 1 aromatic rings. The summed E-state index contributed by atoms with van der Waals surface area (Å²) in [7, 11) is 1.85. The first-order chi connectivity index (χ1) is 11.9. The molecule has 1 aliphatic heterocycles. The molecule has 2 N–H and O–H groups in total. The van der Waals surface area contributed by atoms with Crippen molar-refractivity contribution >= 4 is 57.6 Å². The molecule has 1 heterocycles. The van der Waals surface area contributed by atoms with Crippen LogP contribution in [0.5, 0.6) is 0 Å². The maximum atomic E-state index is 4.38. The van der Waals surface area contributed by atoms with Crippen LogP contribution in [0, 0.1) is 0 Å². The number of benzene rings is 1. The summed E-state index contributed by atoms with van der Waals surface area (Å²) in [5.41, 5.74) is 1.38. The van der Waals surface area contributed by atoms with Gasteiger partial charge in [-0.15, -0.1) is 24.0 Å². The van der Waals surface area contributed by atoms with E-state index in [1.165, 1.54) is 5.56 Å². The van der Waals surface area contributed by atoms with Crippen molar-refractivity contribution in [2.75, 3.05) is 32.9 Å². The predicted octanol–water partition coefficient (Wildman–Crippen LogP) is 4.34. The second-order valence-electron chi connectivity index (χ2n) is 7.21. The molecule has 7 heteroatoms. The first kappa shape index (κ1) is 24.0. The molecule has 0 unspecified atom stereocenters. The number of nitrogens with zero attached hydrogens (tertiary/aromatic N) is 2. The van der Waals surface area contributed by atoms with Crippen molar-refractivity contribution in [2.45, 2.75) is 44.0 Å². The maximum Gasteiger partial charge on any atom is 0.191 e. The molecule has 0 saturated carbocycles. The van der Waals surface area contributed by atoms with Crippen LogP contribution in [-0.4, -0.2) is 54.6 Å². The molecule has 1 aliphatic rings. The van der Waals surface area contributed by atoms with Crippen LogP contribution in [0.3, 0.4) is 0 Å². The first-order valence-electron chi connectivity index (χ1n) is 8.91. The number of likely N-dealkylation sites (tertiary alicyclic amines) is 1. The summed E-state index contributed by atoms with van der Waals surface area (Å²) in [5.74, 6) is 0.925. The van der Waals surface area contributed by atoms with Gasteiger partial charge in [0.05, 0.1) is 0 Å². The largest absolute Gasteiger partial charge is 0.355 e. The molecule has 148 valence electrons. The summed E-state index contributed by atoms with van der Waals surface area (Å²) in [6.45, 7) is 8.70. The van der Waals surface area contributed by atoms with E-state index in [2.05, 4.69) is 80.8 Å². The van der Waals surface area contributed by atoms with Gasteiger partial charge in [0.2, 0.25) is 0 Å². The van der Waals surface area contributed by atoms with E-state index in [1.54, 1.807) is 0 Å². The summed E-state index contributed by atoms with van der Waals surface area (Å²) in [5, 5.41) is 7.06. The van der Waals surface area contributed by atoms with Gasteiger partial charge in [0.25, 0.3) is 0 Å². The molecule has 1 fully saturated rings. The van der Waals surface area contributed by atoms with E-state index < -0.39 is 0 Å². The minimum atomic E-state index is 0. The average molecular weight is 555 g/mol. The van der Waals surface area contributed by atoms with Crippen molar-refractivity contribution in [3.8, 4) is 0 Å². The molecule has 26 heavy (non-hydrogen) atoms. The van der Waals surface area contributed by atoms with Gasteiger partial charge in [0, 0.05) is 48.5 Å². The van der Waals surface area contributed by atoms with Crippen LogP contribution in [0.25, 0.3) is 0 Å². The van der Waals surface area contributed by atoms with E-state index in [0.29, 0.717) is 6.04 Å². The van der Waals surface area contributed by atoms with Crippen LogP contribution < -0.4 is 10.6 Å². The van der Waals surface area contributed by atoms with Crippen molar-refractivity contribution in [1.29, 1.82) is 0 Å². The summed E-state index contributed by atoms with van der Waals surface area (Å²) >= 11 is 5.37. The highest BCUT2D eigenvalue weighted by molar-refractivity contribution is 14.0. The minimum Gasteiger partial charge on any atom is -0.355 e. The number of aliphatic imine (C=N–C) groups is 1. The van der Waals surface area contributed by atoms with Crippen LogP contribution in [0.15, 0.2) is 33.7 Å². The van der Waals surface area contributed by atoms with E-state index in [-0.39, 0.29) is 28.7 Å². The van der Waals surface area contributed by atoms with Crippen molar-refractivity contribution in [1.82, 2.24) is 15.5 Å². The Kier molecular flexibility index (Phi) is 10.9. The van der Waals surface area contributed by atoms with E-state index in [9.17, 15) is 0 Å². The molecule has 0 bridgehead atoms. The Morgan fingerprint density at radius 2 is 1.88 bits per heavy atom. The maximum absolute atomic E-state index is 4.38. The third-order valence-corrected chi connectivity index (χ3v) is 6.48. The molecule has 0 aromatic heterocycles. The third-order valence-electron chi connectivity index (χ3n) is 4.71. The van der Waals surface area contributed by atoms with Crippen molar-refractivity contribution in [3.63, 3.8) is 0 Å². The summed E-state index contributed by atoms with van der Waals surface area (Å²) in [6, 6.07) is 9.15. The number of halogens is 2. The highest BCUT2D eigenvalue weighted by Gasteiger charge is 2.21. The molecule has 1 aromatic carbocycles. The zero-order valence-electron chi connectivity index (χ0n) is 16.2. The normalized spacial score (nSPS) is 16.9. The quantitative estimate of drug-likeness (QED) is 0.312. The van der Waals surface area contributed by atoms with E-state index in [1.807, 2.05) is 18.8 Å². The van der Waals surface area contributed by atoms with Gasteiger partial charge in [-0.2, -0.15) is 11.8 Å². The van der Waals surface area contributed by atoms with Gasteiger partial charge in [-0.1, -0.05) is 28.1 Å². The Labute approximate surface area is 188 Å². The molecule has 2 rings (SSSR count). The van der Waals surface area contributed by atoms with Crippen LogP contribution in [-0.2, 0) is 6.54 Å². The molecule has 0 radical (unpaired) electrons. The lowest BCUT2D eigenvalue weighted by atomic mass is 10.0. The molecular weight excluding hydrogens is 523 g/mol. The number of guanidine groups is 1. The fourth-order valence-electron chi connectivity index (χ4n) is 2.84. The van der Waals surface area contributed by atoms with Crippen molar-refractivity contribution in [3.05, 3.63) is 34.3 Å². The predicted molar refractivity (Wildman–Crippen MR) is 130 cm³/mol. The molecule has 0 atom stereocenters. The summed E-state index contributed by atoms with van der Waals surface area (Å²) in [4.78, 5) is 6.92. The van der Waals surface area contributed by atoms with E-state index >= 15 is 0 Å². The Morgan fingerprint density at radius 3 is 2.42 bits per heavy atom. The Morgan fingerprint density at radius 1 is 1.27 bits per heavy atom. The number of piperidine rings is 1. The number of thioether (sulfide) groups is 1. The Bertz CT molecular complexity index is 557. The second kappa shape index (κ2) is 11.8. The van der Waals surface area contributed by atoms with Crippen LogP contribution in [0.1, 0.15) is 32.3 Å². The second-order valence-corrected chi connectivity index (χ2v) is 9.64. The van der Waals surface area contributed by atoms with Gasteiger partial charge in [0.15, 0.2) is 5.96 Å². The summed E-state index contributed by atoms with van der Waals surface area (Å²) < 4.78 is 1.36.